The number of amides is 1. The van der Waals surface area contributed by atoms with Gasteiger partial charge in [0.15, 0.2) is 0 Å². The van der Waals surface area contributed by atoms with Crippen molar-refractivity contribution < 1.29 is 13.6 Å². The van der Waals surface area contributed by atoms with Gasteiger partial charge in [-0.15, -0.1) is 0 Å². The van der Waals surface area contributed by atoms with Gasteiger partial charge in [0.05, 0.1) is 16.6 Å². The maximum absolute atomic E-state index is 14.5. The Kier molecular flexibility index (Phi) is 5.57. The number of rotatable bonds is 7. The molecule has 0 spiro atoms. The molecule has 0 unspecified atom stereocenters. The van der Waals surface area contributed by atoms with E-state index in [4.69, 9.17) is 0 Å². The van der Waals surface area contributed by atoms with Crippen LogP contribution >= 0.6 is 0 Å². The number of carbonyl (C=O) groups is 1. The first kappa shape index (κ1) is 21.5. The Morgan fingerprint density at radius 1 is 1.21 bits per heavy atom. The average Bonchev–Trinajstić information content (AvgIpc) is 3.59. The summed E-state index contributed by atoms with van der Waals surface area (Å²) >= 11 is 0. The van der Waals surface area contributed by atoms with Gasteiger partial charge in [0.2, 0.25) is 0 Å². The van der Waals surface area contributed by atoms with Crippen molar-refractivity contribution in [2.24, 2.45) is 5.92 Å². The quantitative estimate of drug-likeness (QED) is 0.512. The van der Waals surface area contributed by atoms with E-state index in [1.165, 1.54) is 31.0 Å². The minimum atomic E-state index is -0.569. The van der Waals surface area contributed by atoms with Crippen molar-refractivity contribution in [2.45, 2.75) is 25.3 Å². The van der Waals surface area contributed by atoms with Crippen LogP contribution < -0.4 is 16.2 Å². The molecule has 0 radical (unpaired) electrons. The Labute approximate surface area is 189 Å². The summed E-state index contributed by atoms with van der Waals surface area (Å²) in [6.45, 7) is 2.12. The zero-order chi connectivity index (χ0) is 23.1. The molecular formula is C24H25F2N5O2. The van der Waals surface area contributed by atoms with Crippen molar-refractivity contribution in [3.05, 3.63) is 69.1 Å². The van der Waals surface area contributed by atoms with E-state index < -0.39 is 17.2 Å². The maximum atomic E-state index is 14.5. The van der Waals surface area contributed by atoms with Crippen LogP contribution in [-0.2, 0) is 6.42 Å². The summed E-state index contributed by atoms with van der Waals surface area (Å²) < 4.78 is 28.5. The highest BCUT2D eigenvalue weighted by molar-refractivity contribution is 5.96. The molecule has 3 N–H and O–H groups in total. The van der Waals surface area contributed by atoms with Crippen LogP contribution in [0.25, 0.3) is 10.8 Å². The molecule has 7 nitrogen and oxygen atoms in total. The van der Waals surface area contributed by atoms with E-state index in [2.05, 4.69) is 20.8 Å². The Morgan fingerprint density at radius 3 is 2.73 bits per heavy atom. The van der Waals surface area contributed by atoms with Crippen LogP contribution in [0.5, 0.6) is 0 Å². The van der Waals surface area contributed by atoms with E-state index >= 15 is 0 Å². The molecule has 1 saturated heterocycles. The smallest absolute Gasteiger partial charge is 0.272 e. The fraction of sp³-hybridized carbons (Fsp3) is 0.375. The first-order valence-corrected chi connectivity index (χ1v) is 11.1. The molecule has 1 aliphatic heterocycles. The molecule has 1 saturated carbocycles. The van der Waals surface area contributed by atoms with Crippen molar-refractivity contribution in [3.8, 4) is 0 Å². The van der Waals surface area contributed by atoms with Crippen molar-refractivity contribution in [1.29, 1.82) is 0 Å². The summed E-state index contributed by atoms with van der Waals surface area (Å²) in [5.74, 6) is -1.03. The van der Waals surface area contributed by atoms with Crippen LogP contribution in [0.15, 0.2) is 35.1 Å². The van der Waals surface area contributed by atoms with Gasteiger partial charge in [-0.2, -0.15) is 5.10 Å². The second kappa shape index (κ2) is 8.55. The number of nitrogens with zero attached hydrogens (tertiary/aromatic N) is 2. The van der Waals surface area contributed by atoms with E-state index in [1.54, 1.807) is 18.0 Å². The fourth-order valence-corrected chi connectivity index (χ4v) is 4.35. The van der Waals surface area contributed by atoms with Gasteiger partial charge in [0.25, 0.3) is 11.5 Å². The van der Waals surface area contributed by atoms with Crippen molar-refractivity contribution in [2.75, 3.05) is 32.0 Å². The van der Waals surface area contributed by atoms with Crippen molar-refractivity contribution in [1.82, 2.24) is 20.4 Å². The van der Waals surface area contributed by atoms with E-state index in [0.29, 0.717) is 47.4 Å². The van der Waals surface area contributed by atoms with Crippen molar-refractivity contribution >= 4 is 22.4 Å². The molecule has 5 rings (SSSR count). The van der Waals surface area contributed by atoms with E-state index in [0.717, 1.165) is 12.6 Å². The third-order valence-corrected chi connectivity index (χ3v) is 6.35. The molecule has 172 valence electrons. The number of halogens is 2. The summed E-state index contributed by atoms with van der Waals surface area (Å²) in [7, 11) is 1.63. The number of benzene rings is 2. The number of nitrogens with one attached hydrogen (secondary N) is 3. The summed E-state index contributed by atoms with van der Waals surface area (Å²) in [4.78, 5) is 26.8. The highest BCUT2D eigenvalue weighted by atomic mass is 19.1. The maximum Gasteiger partial charge on any atom is 0.272 e. The molecule has 1 aromatic heterocycles. The molecule has 33 heavy (non-hydrogen) atoms. The Morgan fingerprint density at radius 2 is 2.00 bits per heavy atom. The van der Waals surface area contributed by atoms with Crippen LogP contribution in [0.3, 0.4) is 0 Å². The molecule has 3 aromatic rings. The minimum Gasteiger partial charge on any atom is -0.387 e. The average molecular weight is 453 g/mol. The number of anilines is 1. The molecule has 0 atom stereocenters. The monoisotopic (exact) mass is 453 g/mol. The van der Waals surface area contributed by atoms with Crippen LogP contribution in [0, 0.1) is 17.6 Å². The number of likely N-dealkylation sites (tertiary alicyclic amines) is 1. The highest BCUT2D eigenvalue weighted by Gasteiger charge is 2.33. The van der Waals surface area contributed by atoms with Gasteiger partial charge in [-0.25, -0.2) is 13.9 Å². The minimum absolute atomic E-state index is 0.0229. The normalized spacial score (nSPS) is 16.2. The molecule has 2 heterocycles. The van der Waals surface area contributed by atoms with Crippen LogP contribution in [-0.4, -0.2) is 53.7 Å². The summed E-state index contributed by atoms with van der Waals surface area (Å²) in [6.07, 6.45) is 2.68. The predicted octanol–water partition coefficient (Wildman–Crippen LogP) is 2.66. The van der Waals surface area contributed by atoms with Gasteiger partial charge in [0.1, 0.15) is 11.6 Å². The van der Waals surface area contributed by atoms with Crippen molar-refractivity contribution in [3.63, 3.8) is 0 Å². The number of fused-ring (bicyclic) bond motifs is 1. The Bertz CT molecular complexity index is 1280. The predicted molar refractivity (Wildman–Crippen MR) is 121 cm³/mol. The zero-order valence-corrected chi connectivity index (χ0v) is 18.3. The lowest BCUT2D eigenvalue weighted by molar-refractivity contribution is 0.0495. The molecule has 2 fully saturated rings. The van der Waals surface area contributed by atoms with Gasteiger partial charge in [-0.1, -0.05) is 6.07 Å². The third-order valence-electron chi connectivity index (χ3n) is 6.35. The van der Waals surface area contributed by atoms with Gasteiger partial charge >= 0.3 is 0 Å². The van der Waals surface area contributed by atoms with Gasteiger partial charge in [0, 0.05) is 56.1 Å². The first-order valence-electron chi connectivity index (χ1n) is 11.1. The van der Waals surface area contributed by atoms with Crippen LogP contribution in [0.2, 0.25) is 0 Å². The van der Waals surface area contributed by atoms with E-state index in [-0.39, 0.29) is 23.3 Å². The summed E-state index contributed by atoms with van der Waals surface area (Å²) in [5.41, 5.74) is 1.12. The highest BCUT2D eigenvalue weighted by Crippen LogP contribution is 2.28. The second-order valence-electron chi connectivity index (χ2n) is 8.87. The van der Waals surface area contributed by atoms with Crippen LogP contribution in [0.1, 0.15) is 34.5 Å². The fourth-order valence-electron chi connectivity index (χ4n) is 4.35. The lowest BCUT2D eigenvalue weighted by atomic mass is 9.97. The molecule has 2 aliphatic rings. The second-order valence-corrected chi connectivity index (χ2v) is 8.87. The summed E-state index contributed by atoms with van der Waals surface area (Å²) in [6, 6.07) is 7.49. The van der Waals surface area contributed by atoms with E-state index in [1.807, 2.05) is 0 Å². The van der Waals surface area contributed by atoms with Gasteiger partial charge < -0.3 is 15.5 Å². The molecular weight excluding hydrogens is 428 g/mol. The van der Waals surface area contributed by atoms with Gasteiger partial charge in [-0.05, 0) is 42.7 Å². The SMILES string of the molecule is CNc1cc(F)cc2c(=O)[nH]nc(Cc3ccc(F)c(C(=O)N4CC(CNC5CC5)C4)c3)c12. The van der Waals surface area contributed by atoms with E-state index in [9.17, 15) is 18.4 Å². The third kappa shape index (κ3) is 4.32. The van der Waals surface area contributed by atoms with Crippen LogP contribution in [0.4, 0.5) is 14.5 Å². The molecule has 1 amide bonds. The van der Waals surface area contributed by atoms with Gasteiger partial charge in [-0.3, -0.25) is 9.59 Å². The number of hydrogen-bond donors (Lipinski definition) is 3. The molecule has 0 bridgehead atoms. The Balaban J connectivity index is 1.38. The molecule has 1 aliphatic carbocycles. The largest absolute Gasteiger partial charge is 0.387 e. The standard InChI is InChI=1S/C24H25F2N5O2/c1-27-20-9-15(25)8-18-22(20)21(29-30-23(18)32)7-13-2-5-19(26)17(6-13)24(33)31-11-14(12-31)10-28-16-3-4-16/h2,5-6,8-9,14,16,27-28H,3-4,7,10-12H2,1H3,(H,30,32). The number of H-pyrrole nitrogens is 1. The molecule has 9 heteroatoms. The first-order chi connectivity index (χ1) is 15.9. The lowest BCUT2D eigenvalue weighted by Gasteiger charge is -2.39. The molecule has 2 aromatic carbocycles. The topological polar surface area (TPSA) is 90.1 Å². The number of aromatic amines is 1. The summed E-state index contributed by atoms with van der Waals surface area (Å²) in [5, 5.41) is 13.6. The lowest BCUT2D eigenvalue weighted by Crippen LogP contribution is -2.53. The number of carbonyl (C=O) groups excluding carboxylic acids is 1. The Hall–Kier alpha value is -3.33. The zero-order valence-electron chi connectivity index (χ0n) is 18.3. The number of hydrogen-bond acceptors (Lipinski definition) is 5. The number of aromatic nitrogens is 2.